The molecule has 1 aliphatic heterocycles. The molecule has 0 aliphatic carbocycles. The van der Waals surface area contributed by atoms with Gasteiger partial charge < -0.3 is 10.2 Å². The molecule has 1 saturated heterocycles. The number of nitrogens with zero attached hydrogens (tertiary/aromatic N) is 3. The van der Waals surface area contributed by atoms with Gasteiger partial charge >= 0.3 is 6.03 Å². The Balaban J connectivity index is 1.91. The minimum Gasteiger partial charge on any atom is -0.336 e. The van der Waals surface area contributed by atoms with E-state index in [9.17, 15) is 4.79 Å². The van der Waals surface area contributed by atoms with Gasteiger partial charge in [-0.05, 0) is 44.3 Å². The van der Waals surface area contributed by atoms with Crippen molar-refractivity contribution in [2.45, 2.75) is 25.8 Å². The zero-order valence-corrected chi connectivity index (χ0v) is 14.1. The Hall–Kier alpha value is -1.58. The molecule has 2 atom stereocenters. The van der Waals surface area contributed by atoms with Gasteiger partial charge in [0.15, 0.2) is 0 Å². The SMILES string of the molecule is CC(C#N)CN(C)C(=O)NCC(c1cccs1)N1CCCC1. The van der Waals surface area contributed by atoms with Crippen LogP contribution < -0.4 is 5.32 Å². The van der Waals surface area contributed by atoms with E-state index in [0.29, 0.717) is 13.1 Å². The van der Waals surface area contributed by atoms with Crippen molar-refractivity contribution in [3.63, 3.8) is 0 Å². The van der Waals surface area contributed by atoms with E-state index < -0.39 is 0 Å². The molecule has 0 spiro atoms. The zero-order valence-electron chi connectivity index (χ0n) is 13.3. The van der Waals surface area contributed by atoms with Gasteiger partial charge in [0.25, 0.3) is 0 Å². The van der Waals surface area contributed by atoms with E-state index in [2.05, 4.69) is 33.8 Å². The van der Waals surface area contributed by atoms with Crippen molar-refractivity contribution >= 4 is 17.4 Å². The average Bonchev–Trinajstić information content (AvgIpc) is 3.20. The lowest BCUT2D eigenvalue weighted by molar-refractivity contribution is 0.195. The third kappa shape index (κ3) is 4.46. The lowest BCUT2D eigenvalue weighted by atomic mass is 10.2. The second-order valence-electron chi connectivity index (χ2n) is 5.87. The molecule has 0 bridgehead atoms. The molecule has 2 amide bonds. The largest absolute Gasteiger partial charge is 0.336 e. The standard InChI is InChI=1S/C16H24N4OS/c1-13(10-17)12-19(2)16(21)18-11-14(15-6-5-9-22-15)20-7-3-4-8-20/h5-6,9,13-14H,3-4,7-8,11-12H2,1-2H3,(H,18,21). The second kappa shape index (κ2) is 8.16. The summed E-state index contributed by atoms with van der Waals surface area (Å²) in [4.78, 5) is 17.5. The number of hydrogen-bond donors (Lipinski definition) is 1. The van der Waals surface area contributed by atoms with Gasteiger partial charge in [-0.1, -0.05) is 6.07 Å². The van der Waals surface area contributed by atoms with Gasteiger partial charge in [-0.2, -0.15) is 5.26 Å². The number of urea groups is 1. The molecule has 1 aromatic heterocycles. The third-order valence-electron chi connectivity index (χ3n) is 4.01. The molecule has 0 radical (unpaired) electrons. The van der Waals surface area contributed by atoms with E-state index in [1.165, 1.54) is 17.7 Å². The molecule has 2 heterocycles. The van der Waals surface area contributed by atoms with Gasteiger partial charge in [0, 0.05) is 25.0 Å². The minimum atomic E-state index is -0.151. The number of carbonyl (C=O) groups excluding carboxylic acids is 1. The molecule has 5 nitrogen and oxygen atoms in total. The molecule has 2 unspecified atom stereocenters. The van der Waals surface area contributed by atoms with E-state index in [1.54, 1.807) is 23.3 Å². The van der Waals surface area contributed by atoms with Crippen LogP contribution in [0.15, 0.2) is 17.5 Å². The molecular weight excluding hydrogens is 296 g/mol. The van der Waals surface area contributed by atoms with Crippen molar-refractivity contribution in [2.24, 2.45) is 5.92 Å². The molecule has 1 aromatic rings. The van der Waals surface area contributed by atoms with E-state index in [4.69, 9.17) is 5.26 Å². The number of thiophene rings is 1. The number of likely N-dealkylation sites (tertiary alicyclic amines) is 1. The molecule has 0 saturated carbocycles. The van der Waals surface area contributed by atoms with Crippen LogP contribution in [0.5, 0.6) is 0 Å². The van der Waals surface area contributed by atoms with Gasteiger partial charge in [-0.3, -0.25) is 4.90 Å². The fraction of sp³-hybridized carbons (Fsp3) is 0.625. The van der Waals surface area contributed by atoms with Gasteiger partial charge in [-0.15, -0.1) is 11.3 Å². The first-order valence-electron chi connectivity index (χ1n) is 7.78. The van der Waals surface area contributed by atoms with E-state index in [1.807, 2.05) is 6.92 Å². The Kier molecular flexibility index (Phi) is 6.22. The smallest absolute Gasteiger partial charge is 0.317 e. The maximum absolute atomic E-state index is 12.2. The molecule has 120 valence electrons. The molecule has 1 fully saturated rings. The van der Waals surface area contributed by atoms with Gasteiger partial charge in [0.05, 0.1) is 18.0 Å². The van der Waals surface area contributed by atoms with Crippen molar-refractivity contribution in [2.75, 3.05) is 33.2 Å². The molecular formula is C16H24N4OS. The summed E-state index contributed by atoms with van der Waals surface area (Å²) in [5.74, 6) is -0.151. The summed E-state index contributed by atoms with van der Waals surface area (Å²) in [6, 6.07) is 6.50. The summed E-state index contributed by atoms with van der Waals surface area (Å²) in [5, 5.41) is 13.9. The maximum Gasteiger partial charge on any atom is 0.317 e. The molecule has 1 N–H and O–H groups in total. The number of hydrogen-bond acceptors (Lipinski definition) is 4. The Morgan fingerprint density at radius 3 is 2.86 bits per heavy atom. The number of amides is 2. The highest BCUT2D eigenvalue weighted by molar-refractivity contribution is 7.10. The Morgan fingerprint density at radius 1 is 1.55 bits per heavy atom. The summed E-state index contributed by atoms with van der Waals surface area (Å²) < 4.78 is 0. The van der Waals surface area contributed by atoms with Crippen molar-refractivity contribution in [1.29, 1.82) is 5.26 Å². The highest BCUT2D eigenvalue weighted by Gasteiger charge is 2.25. The van der Waals surface area contributed by atoms with E-state index in [-0.39, 0.29) is 18.0 Å². The van der Waals surface area contributed by atoms with Crippen LogP contribution >= 0.6 is 11.3 Å². The van der Waals surface area contributed by atoms with Gasteiger partial charge in [0.2, 0.25) is 0 Å². The summed E-state index contributed by atoms with van der Waals surface area (Å²) >= 11 is 1.74. The first-order chi connectivity index (χ1) is 10.6. The van der Waals surface area contributed by atoms with Crippen molar-refractivity contribution in [3.8, 4) is 6.07 Å². The second-order valence-corrected chi connectivity index (χ2v) is 6.85. The van der Waals surface area contributed by atoms with Crippen LogP contribution in [0.3, 0.4) is 0 Å². The van der Waals surface area contributed by atoms with Crippen LogP contribution in [0, 0.1) is 17.2 Å². The fourth-order valence-electron chi connectivity index (χ4n) is 2.80. The lowest BCUT2D eigenvalue weighted by Crippen LogP contribution is -2.43. The Labute approximate surface area is 136 Å². The van der Waals surface area contributed by atoms with Crippen LogP contribution in [-0.4, -0.2) is 49.1 Å². The van der Waals surface area contributed by atoms with Crippen LogP contribution in [0.2, 0.25) is 0 Å². The Morgan fingerprint density at radius 2 is 2.27 bits per heavy atom. The average molecular weight is 320 g/mol. The first-order valence-corrected chi connectivity index (χ1v) is 8.66. The van der Waals surface area contributed by atoms with Crippen LogP contribution in [-0.2, 0) is 0 Å². The minimum absolute atomic E-state index is 0.108. The number of rotatable bonds is 6. The fourth-order valence-corrected chi connectivity index (χ4v) is 3.66. The zero-order chi connectivity index (χ0) is 15.9. The van der Waals surface area contributed by atoms with E-state index in [0.717, 1.165) is 13.1 Å². The molecule has 22 heavy (non-hydrogen) atoms. The normalized spacial score (nSPS) is 17.7. The predicted octanol–water partition coefficient (Wildman–Crippen LogP) is 2.69. The molecule has 2 rings (SSSR count). The van der Waals surface area contributed by atoms with Crippen molar-refractivity contribution in [3.05, 3.63) is 22.4 Å². The van der Waals surface area contributed by atoms with Crippen LogP contribution in [0.4, 0.5) is 4.79 Å². The molecule has 0 aromatic carbocycles. The van der Waals surface area contributed by atoms with Gasteiger partial charge in [-0.25, -0.2) is 4.79 Å². The van der Waals surface area contributed by atoms with Crippen molar-refractivity contribution in [1.82, 2.24) is 15.1 Å². The van der Waals surface area contributed by atoms with Crippen LogP contribution in [0.25, 0.3) is 0 Å². The number of carbonyl (C=O) groups is 1. The summed E-state index contributed by atoms with van der Waals surface area (Å²) in [6.45, 7) is 5.09. The maximum atomic E-state index is 12.2. The topological polar surface area (TPSA) is 59.4 Å². The van der Waals surface area contributed by atoms with E-state index >= 15 is 0 Å². The third-order valence-corrected chi connectivity index (χ3v) is 4.99. The first kappa shape index (κ1) is 16.8. The number of nitrogens with one attached hydrogen (secondary N) is 1. The monoisotopic (exact) mass is 320 g/mol. The molecule has 6 heteroatoms. The number of nitriles is 1. The quantitative estimate of drug-likeness (QED) is 0.876. The molecule has 1 aliphatic rings. The highest BCUT2D eigenvalue weighted by Crippen LogP contribution is 2.27. The van der Waals surface area contributed by atoms with Crippen molar-refractivity contribution < 1.29 is 4.79 Å². The summed E-state index contributed by atoms with van der Waals surface area (Å²) in [6.07, 6.45) is 2.46. The Bertz CT molecular complexity index is 505. The van der Waals surface area contributed by atoms with Crippen LogP contribution in [0.1, 0.15) is 30.7 Å². The summed E-state index contributed by atoms with van der Waals surface area (Å²) in [5.41, 5.74) is 0. The summed E-state index contributed by atoms with van der Waals surface area (Å²) in [7, 11) is 1.74. The van der Waals surface area contributed by atoms with Gasteiger partial charge in [0.1, 0.15) is 0 Å². The predicted molar refractivity (Wildman–Crippen MR) is 88.7 cm³/mol. The highest BCUT2D eigenvalue weighted by atomic mass is 32.1. The lowest BCUT2D eigenvalue weighted by Gasteiger charge is -2.28.